The number of rotatable bonds is 7. The van der Waals surface area contributed by atoms with Crippen LogP contribution in [0.3, 0.4) is 0 Å². The Morgan fingerprint density at radius 2 is 2.06 bits per heavy atom. The zero-order valence-electron chi connectivity index (χ0n) is 9.83. The number of nitrogens with one attached hydrogen (secondary N) is 1. The fourth-order valence-corrected chi connectivity index (χ4v) is 1.58. The van der Waals surface area contributed by atoms with Crippen molar-refractivity contribution in [1.29, 1.82) is 0 Å². The van der Waals surface area contributed by atoms with Gasteiger partial charge < -0.3 is 11.1 Å². The highest BCUT2D eigenvalue weighted by atomic mass is 16.1. The highest BCUT2D eigenvalue weighted by molar-refractivity contribution is 5.73. The van der Waals surface area contributed by atoms with Gasteiger partial charge in [-0.1, -0.05) is 24.3 Å². The normalized spacial score (nSPS) is 10.3. The van der Waals surface area contributed by atoms with Crippen molar-refractivity contribution in [3.05, 3.63) is 35.4 Å². The first-order valence-electron chi connectivity index (χ1n) is 5.73. The Labute approximate surface area is 97.0 Å². The van der Waals surface area contributed by atoms with E-state index in [9.17, 15) is 4.79 Å². The molecule has 0 aliphatic heterocycles. The minimum Gasteiger partial charge on any atom is -0.370 e. The summed E-state index contributed by atoms with van der Waals surface area (Å²) in [5.41, 5.74) is 7.70. The number of carbonyl (C=O) groups is 1. The first kappa shape index (κ1) is 12.7. The molecule has 0 aliphatic carbocycles. The molecular weight excluding hydrogens is 200 g/mol. The van der Waals surface area contributed by atoms with Gasteiger partial charge in [-0.25, -0.2) is 0 Å². The molecule has 0 atom stereocenters. The lowest BCUT2D eigenvalue weighted by atomic mass is 10.1. The van der Waals surface area contributed by atoms with E-state index in [1.54, 1.807) is 0 Å². The van der Waals surface area contributed by atoms with Gasteiger partial charge in [0.05, 0.1) is 0 Å². The molecule has 16 heavy (non-hydrogen) atoms. The van der Waals surface area contributed by atoms with E-state index in [2.05, 4.69) is 30.4 Å². The lowest BCUT2D eigenvalue weighted by molar-refractivity contribution is -0.118. The molecule has 0 heterocycles. The first-order valence-corrected chi connectivity index (χ1v) is 5.73. The predicted molar refractivity (Wildman–Crippen MR) is 65.9 cm³/mol. The molecular formula is C13H20N2O. The fourth-order valence-electron chi connectivity index (χ4n) is 1.58. The molecule has 3 nitrogen and oxygen atoms in total. The summed E-state index contributed by atoms with van der Waals surface area (Å²) in [6.07, 6.45) is 2.36. The number of aryl methyl sites for hydroxylation is 1. The Bertz CT molecular complexity index is 336. The minimum atomic E-state index is -0.209. The standard InChI is InChI=1S/C13H20N2O/c1-11-6-2-3-7-12(11)10-15-9-5-4-8-13(14)16/h2-3,6-7,15H,4-5,8-10H2,1H3,(H2,14,16). The van der Waals surface area contributed by atoms with Crippen molar-refractivity contribution in [1.82, 2.24) is 5.32 Å². The quantitative estimate of drug-likeness (QED) is 0.688. The molecule has 0 saturated heterocycles. The van der Waals surface area contributed by atoms with Crippen molar-refractivity contribution < 1.29 is 4.79 Å². The number of hydrogen-bond acceptors (Lipinski definition) is 2. The number of amides is 1. The zero-order chi connectivity index (χ0) is 11.8. The first-order chi connectivity index (χ1) is 7.70. The Kier molecular flexibility index (Phi) is 5.57. The van der Waals surface area contributed by atoms with E-state index in [0.29, 0.717) is 6.42 Å². The van der Waals surface area contributed by atoms with Gasteiger partial charge in [0.25, 0.3) is 0 Å². The number of benzene rings is 1. The van der Waals surface area contributed by atoms with E-state index in [1.165, 1.54) is 11.1 Å². The largest absolute Gasteiger partial charge is 0.370 e. The predicted octanol–water partition coefficient (Wildman–Crippen LogP) is 1.74. The molecule has 88 valence electrons. The van der Waals surface area contributed by atoms with E-state index in [-0.39, 0.29) is 5.91 Å². The van der Waals surface area contributed by atoms with Gasteiger partial charge in [0, 0.05) is 13.0 Å². The summed E-state index contributed by atoms with van der Waals surface area (Å²) in [4.78, 5) is 10.5. The number of unbranched alkanes of at least 4 members (excludes halogenated alkanes) is 1. The van der Waals surface area contributed by atoms with E-state index in [1.807, 2.05) is 6.07 Å². The average molecular weight is 220 g/mol. The average Bonchev–Trinajstić information content (AvgIpc) is 2.25. The van der Waals surface area contributed by atoms with E-state index in [0.717, 1.165) is 25.9 Å². The fraction of sp³-hybridized carbons (Fsp3) is 0.462. The smallest absolute Gasteiger partial charge is 0.217 e. The van der Waals surface area contributed by atoms with Gasteiger partial charge in [0.15, 0.2) is 0 Å². The van der Waals surface area contributed by atoms with Crippen LogP contribution in [0, 0.1) is 6.92 Å². The topological polar surface area (TPSA) is 55.1 Å². The molecule has 3 N–H and O–H groups in total. The summed E-state index contributed by atoms with van der Waals surface area (Å²) in [6.45, 7) is 3.94. The second-order valence-electron chi connectivity index (χ2n) is 4.03. The summed E-state index contributed by atoms with van der Waals surface area (Å²) in [6, 6.07) is 8.35. The summed E-state index contributed by atoms with van der Waals surface area (Å²) in [5.74, 6) is -0.209. The molecule has 1 aromatic rings. The van der Waals surface area contributed by atoms with Crippen LogP contribution >= 0.6 is 0 Å². The van der Waals surface area contributed by atoms with Crippen LogP contribution in [-0.4, -0.2) is 12.5 Å². The van der Waals surface area contributed by atoms with Gasteiger partial charge in [-0.05, 0) is 37.4 Å². The van der Waals surface area contributed by atoms with Crippen molar-refractivity contribution in [3.8, 4) is 0 Å². The molecule has 0 unspecified atom stereocenters. The molecule has 3 heteroatoms. The van der Waals surface area contributed by atoms with Crippen LogP contribution in [0.4, 0.5) is 0 Å². The van der Waals surface area contributed by atoms with Crippen LogP contribution in [0.1, 0.15) is 30.4 Å². The Hall–Kier alpha value is -1.35. The SMILES string of the molecule is Cc1ccccc1CNCCCCC(N)=O. The highest BCUT2D eigenvalue weighted by Crippen LogP contribution is 2.06. The van der Waals surface area contributed by atoms with Crippen LogP contribution in [0.2, 0.25) is 0 Å². The third-order valence-electron chi connectivity index (χ3n) is 2.60. The van der Waals surface area contributed by atoms with Crippen molar-refractivity contribution in [3.63, 3.8) is 0 Å². The second-order valence-corrected chi connectivity index (χ2v) is 4.03. The molecule has 0 aromatic heterocycles. The van der Waals surface area contributed by atoms with E-state index < -0.39 is 0 Å². The number of primary amides is 1. The maximum atomic E-state index is 10.5. The minimum absolute atomic E-state index is 0.209. The summed E-state index contributed by atoms with van der Waals surface area (Å²) in [5, 5.41) is 3.36. The molecule has 0 spiro atoms. The van der Waals surface area contributed by atoms with Crippen molar-refractivity contribution in [2.24, 2.45) is 5.73 Å². The number of nitrogens with two attached hydrogens (primary N) is 1. The number of carbonyl (C=O) groups excluding carboxylic acids is 1. The van der Waals surface area contributed by atoms with Crippen LogP contribution in [-0.2, 0) is 11.3 Å². The van der Waals surface area contributed by atoms with Crippen LogP contribution in [0.25, 0.3) is 0 Å². The third kappa shape index (κ3) is 4.94. The van der Waals surface area contributed by atoms with Gasteiger partial charge in [0.1, 0.15) is 0 Å². The molecule has 0 saturated carbocycles. The van der Waals surface area contributed by atoms with Crippen LogP contribution < -0.4 is 11.1 Å². The monoisotopic (exact) mass is 220 g/mol. The second kappa shape index (κ2) is 7.01. The molecule has 0 fully saturated rings. The lowest BCUT2D eigenvalue weighted by Gasteiger charge is -2.07. The van der Waals surface area contributed by atoms with Gasteiger partial charge >= 0.3 is 0 Å². The molecule has 1 aromatic carbocycles. The highest BCUT2D eigenvalue weighted by Gasteiger charge is 1.97. The third-order valence-corrected chi connectivity index (χ3v) is 2.60. The number of hydrogen-bond donors (Lipinski definition) is 2. The van der Waals surface area contributed by atoms with Gasteiger partial charge in [0.2, 0.25) is 5.91 Å². The molecule has 1 rings (SSSR count). The van der Waals surface area contributed by atoms with Gasteiger partial charge in [-0.3, -0.25) is 4.79 Å². The molecule has 0 aliphatic rings. The van der Waals surface area contributed by atoms with Crippen molar-refractivity contribution in [2.45, 2.75) is 32.7 Å². The lowest BCUT2D eigenvalue weighted by Crippen LogP contribution is -2.16. The maximum absolute atomic E-state index is 10.5. The molecule has 0 radical (unpaired) electrons. The summed E-state index contributed by atoms with van der Waals surface area (Å²) < 4.78 is 0. The van der Waals surface area contributed by atoms with Crippen LogP contribution in [0.5, 0.6) is 0 Å². The Morgan fingerprint density at radius 3 is 2.75 bits per heavy atom. The van der Waals surface area contributed by atoms with Crippen LogP contribution in [0.15, 0.2) is 24.3 Å². The van der Waals surface area contributed by atoms with Crippen molar-refractivity contribution >= 4 is 5.91 Å². The Balaban J connectivity index is 2.12. The van der Waals surface area contributed by atoms with Gasteiger partial charge in [-0.15, -0.1) is 0 Å². The summed E-state index contributed by atoms with van der Waals surface area (Å²) >= 11 is 0. The molecule has 0 bridgehead atoms. The Morgan fingerprint density at radius 1 is 1.31 bits per heavy atom. The maximum Gasteiger partial charge on any atom is 0.217 e. The van der Waals surface area contributed by atoms with Gasteiger partial charge in [-0.2, -0.15) is 0 Å². The molecule has 1 amide bonds. The zero-order valence-corrected chi connectivity index (χ0v) is 9.83. The van der Waals surface area contributed by atoms with Crippen molar-refractivity contribution in [2.75, 3.05) is 6.54 Å². The van der Waals surface area contributed by atoms with E-state index >= 15 is 0 Å². The summed E-state index contributed by atoms with van der Waals surface area (Å²) in [7, 11) is 0. The van der Waals surface area contributed by atoms with E-state index in [4.69, 9.17) is 5.73 Å².